The maximum absolute atomic E-state index is 12.0. The van der Waals surface area contributed by atoms with E-state index in [-0.39, 0.29) is 11.4 Å². The smallest absolute Gasteiger partial charge is 0.153 e. The molecule has 3 rings (SSSR count). The molecule has 0 aromatic heterocycles. The summed E-state index contributed by atoms with van der Waals surface area (Å²) >= 11 is -0.648. The molecule has 0 N–H and O–H groups in total. The zero-order valence-electron chi connectivity index (χ0n) is 16.4. The van der Waals surface area contributed by atoms with Gasteiger partial charge in [0.05, 0.1) is 0 Å². The van der Waals surface area contributed by atoms with Gasteiger partial charge in [0.2, 0.25) is 0 Å². The van der Waals surface area contributed by atoms with Crippen molar-refractivity contribution in [1.82, 2.24) is 0 Å². The van der Waals surface area contributed by atoms with Gasteiger partial charge in [0.1, 0.15) is 0 Å². The van der Waals surface area contributed by atoms with E-state index >= 15 is 0 Å². The first kappa shape index (κ1) is 22.6. The number of hydrogen-bond donors (Lipinski definition) is 0. The number of carbonyl (C=O) groups is 1. The molecule has 3 aliphatic rings. The van der Waals surface area contributed by atoms with Crippen molar-refractivity contribution in [2.24, 2.45) is 5.41 Å². The summed E-state index contributed by atoms with van der Waals surface area (Å²) in [4.78, 5) is 12.0. The maximum atomic E-state index is 12.0. The van der Waals surface area contributed by atoms with Crippen molar-refractivity contribution in [3.8, 4) is 0 Å². The molecular formula is C20H32O4Ti. The molecule has 0 saturated carbocycles. The number of hydrogen-bond acceptors (Lipinski definition) is 4. The van der Waals surface area contributed by atoms with Gasteiger partial charge in [-0.25, -0.2) is 0 Å². The van der Waals surface area contributed by atoms with E-state index in [1.165, 1.54) is 51.4 Å². The molecule has 4 nitrogen and oxygen atoms in total. The SMILES string of the molecule is CC(C)(C)C(=O)[O][Ti+2][CH]1CCCC2=C1CC1=C2CCCC1.C[O-].C[O-]. The van der Waals surface area contributed by atoms with Crippen LogP contribution >= 0.6 is 0 Å². The third-order valence-electron chi connectivity index (χ3n) is 4.98. The van der Waals surface area contributed by atoms with Crippen LogP contribution in [0.5, 0.6) is 0 Å². The first-order valence-electron chi connectivity index (χ1n) is 9.18. The first-order valence-corrected chi connectivity index (χ1v) is 10.7. The quantitative estimate of drug-likeness (QED) is 0.686. The van der Waals surface area contributed by atoms with Crippen LogP contribution in [0.25, 0.3) is 0 Å². The zero-order chi connectivity index (χ0) is 19.0. The van der Waals surface area contributed by atoms with Crippen LogP contribution in [0.1, 0.15) is 72.1 Å². The molecule has 3 aliphatic carbocycles. The van der Waals surface area contributed by atoms with Crippen molar-refractivity contribution < 1.29 is 37.9 Å². The Kier molecular flexibility index (Phi) is 9.65. The summed E-state index contributed by atoms with van der Waals surface area (Å²) in [6.07, 6.45) is 10.4. The summed E-state index contributed by atoms with van der Waals surface area (Å²) in [6.45, 7) is 5.84. The third-order valence-corrected chi connectivity index (χ3v) is 6.90. The number of carbonyl (C=O) groups excluding carboxylic acids is 1. The molecule has 0 bridgehead atoms. The molecule has 0 radical (unpaired) electrons. The minimum Gasteiger partial charge on any atom is -0.857 e. The molecule has 0 amide bonds. The Bertz CT molecular complexity index is 514. The third kappa shape index (κ3) is 5.78. The van der Waals surface area contributed by atoms with E-state index in [1.54, 1.807) is 22.3 Å². The van der Waals surface area contributed by atoms with Crippen LogP contribution in [0, 0.1) is 5.41 Å². The van der Waals surface area contributed by atoms with E-state index in [0.717, 1.165) is 14.2 Å². The molecule has 1 unspecified atom stereocenters. The molecule has 0 saturated heterocycles. The average Bonchev–Trinajstić information content (AvgIpc) is 3.01. The summed E-state index contributed by atoms with van der Waals surface area (Å²) in [5.74, 6) is -0.00839. The van der Waals surface area contributed by atoms with E-state index < -0.39 is 19.5 Å². The van der Waals surface area contributed by atoms with Gasteiger partial charge in [-0.3, -0.25) is 0 Å². The number of allylic oxidation sites excluding steroid dienone is 4. The van der Waals surface area contributed by atoms with E-state index in [2.05, 4.69) is 0 Å². The van der Waals surface area contributed by atoms with Crippen LogP contribution < -0.4 is 10.2 Å². The fourth-order valence-corrected chi connectivity index (χ4v) is 5.79. The van der Waals surface area contributed by atoms with Gasteiger partial charge in [-0.2, -0.15) is 14.2 Å². The van der Waals surface area contributed by atoms with Gasteiger partial charge >= 0.3 is 138 Å². The average molecular weight is 384 g/mol. The Morgan fingerprint density at radius 3 is 2.24 bits per heavy atom. The molecule has 25 heavy (non-hydrogen) atoms. The minimum absolute atomic E-state index is 0.00839. The predicted octanol–water partition coefficient (Wildman–Crippen LogP) is 3.07. The molecular weight excluding hydrogens is 352 g/mol. The first-order chi connectivity index (χ1) is 12.0. The summed E-state index contributed by atoms with van der Waals surface area (Å²) in [5, 5.41) is 16.5. The van der Waals surface area contributed by atoms with Crippen molar-refractivity contribution in [3.05, 3.63) is 22.3 Å². The molecule has 1 atom stereocenters. The summed E-state index contributed by atoms with van der Waals surface area (Å²) in [5.41, 5.74) is 6.45. The minimum atomic E-state index is -0.648. The van der Waals surface area contributed by atoms with Gasteiger partial charge in [-0.15, -0.1) is 0 Å². The molecule has 0 heterocycles. The predicted molar refractivity (Wildman–Crippen MR) is 92.1 cm³/mol. The van der Waals surface area contributed by atoms with Gasteiger partial charge in [-0.1, -0.05) is 0 Å². The molecule has 0 spiro atoms. The van der Waals surface area contributed by atoms with Crippen LogP contribution in [-0.2, 0) is 27.7 Å². The Morgan fingerprint density at radius 2 is 1.60 bits per heavy atom. The van der Waals surface area contributed by atoms with Gasteiger partial charge in [0.25, 0.3) is 0 Å². The second-order valence-electron chi connectivity index (χ2n) is 7.67. The number of rotatable bonds is 2. The normalized spacial score (nSPS) is 21.8. The summed E-state index contributed by atoms with van der Waals surface area (Å²) in [6, 6.07) is 0. The van der Waals surface area contributed by atoms with Gasteiger partial charge < -0.3 is 10.2 Å². The standard InChI is InChI=1S/C13H17.C5H10O2.2CH3O.Ti/c1-3-7-12-10(5-1)9-11-6-2-4-8-13(11)12;1-5(2,3)4(6)7;2*1-2;/h5H,1-4,6-9H2;1-3H3,(H,6,7);2*1H3;/q;;2*-1;+3/p-1. The number of fused-ring (bicyclic) bond motifs is 1. The van der Waals surface area contributed by atoms with Crippen molar-refractivity contribution in [3.63, 3.8) is 0 Å². The van der Waals surface area contributed by atoms with Crippen LogP contribution in [0.3, 0.4) is 0 Å². The Labute approximate surface area is 162 Å². The van der Waals surface area contributed by atoms with Crippen molar-refractivity contribution in [2.45, 2.75) is 76.4 Å². The van der Waals surface area contributed by atoms with E-state index in [1.807, 2.05) is 20.8 Å². The second-order valence-corrected chi connectivity index (χ2v) is 9.45. The van der Waals surface area contributed by atoms with Crippen molar-refractivity contribution in [2.75, 3.05) is 14.2 Å². The van der Waals surface area contributed by atoms with E-state index in [4.69, 9.17) is 13.5 Å². The summed E-state index contributed by atoms with van der Waals surface area (Å²) < 4.78 is 6.34. The molecule has 5 heteroatoms. The van der Waals surface area contributed by atoms with E-state index in [0.29, 0.717) is 4.22 Å². The zero-order valence-corrected chi connectivity index (χ0v) is 17.9. The van der Waals surface area contributed by atoms with E-state index in [9.17, 15) is 4.79 Å². The monoisotopic (exact) mass is 384 g/mol. The molecule has 0 aromatic carbocycles. The Hall–Kier alpha value is -0.416. The second kappa shape index (κ2) is 10.7. The largest absolute Gasteiger partial charge is 0.857 e. The van der Waals surface area contributed by atoms with Gasteiger partial charge in [0.15, 0.2) is 0 Å². The van der Waals surface area contributed by atoms with Crippen LogP contribution in [0.4, 0.5) is 0 Å². The Morgan fingerprint density at radius 1 is 1.00 bits per heavy atom. The Balaban J connectivity index is 0.000000730. The van der Waals surface area contributed by atoms with Crippen molar-refractivity contribution in [1.29, 1.82) is 0 Å². The maximum Gasteiger partial charge on any atom is -0.153 e. The molecule has 0 aromatic rings. The molecule has 0 aliphatic heterocycles. The summed E-state index contributed by atoms with van der Waals surface area (Å²) in [7, 11) is 1.50. The van der Waals surface area contributed by atoms with Gasteiger partial charge in [-0.05, 0) is 0 Å². The van der Waals surface area contributed by atoms with Crippen LogP contribution in [-0.4, -0.2) is 20.2 Å². The molecule has 0 fully saturated rings. The molecule has 140 valence electrons. The van der Waals surface area contributed by atoms with Crippen LogP contribution in [0.15, 0.2) is 22.3 Å². The van der Waals surface area contributed by atoms with Crippen molar-refractivity contribution >= 4 is 5.97 Å². The van der Waals surface area contributed by atoms with Gasteiger partial charge in [0, 0.05) is 0 Å². The fourth-order valence-electron chi connectivity index (χ4n) is 3.77. The van der Waals surface area contributed by atoms with Crippen LogP contribution in [0.2, 0.25) is 4.22 Å². The topological polar surface area (TPSA) is 72.4 Å². The fraction of sp³-hybridized carbons (Fsp3) is 0.750.